The summed E-state index contributed by atoms with van der Waals surface area (Å²) in [5.74, 6) is -24.7. The number of ketones is 3. The van der Waals surface area contributed by atoms with E-state index in [0.29, 0.717) is 30.1 Å². The van der Waals surface area contributed by atoms with Crippen LogP contribution >= 0.6 is 0 Å². The zero-order valence-electron chi connectivity index (χ0n) is 59.0. The van der Waals surface area contributed by atoms with Gasteiger partial charge in [-0.1, -0.05) is 73.6 Å². The Kier molecular flexibility index (Phi) is 26.9. The summed E-state index contributed by atoms with van der Waals surface area (Å²) in [7, 11) is 0. The molecule has 10 rings (SSSR count). The van der Waals surface area contributed by atoms with Crippen LogP contribution in [0.15, 0.2) is 109 Å². The number of allylic oxidation sites excluding steroid dienone is 3. The number of carbonyl (C=O) groups excluding carboxylic acids is 7. The summed E-state index contributed by atoms with van der Waals surface area (Å²) in [5.41, 5.74) is 2.27. The number of aromatic nitrogens is 4. The van der Waals surface area contributed by atoms with Crippen molar-refractivity contribution in [2.24, 2.45) is 23.7 Å². The van der Waals surface area contributed by atoms with Crippen molar-refractivity contribution in [3.63, 3.8) is 0 Å². The Labute approximate surface area is 597 Å². The van der Waals surface area contributed by atoms with E-state index in [-0.39, 0.29) is 56.8 Å². The molecule has 0 unspecified atom stereocenters. The molecule has 0 saturated carbocycles. The van der Waals surface area contributed by atoms with Crippen molar-refractivity contribution in [2.45, 2.75) is 227 Å². The molecule has 3 amide bonds. The molecule has 15 atom stereocenters. The minimum atomic E-state index is -3.80. The van der Waals surface area contributed by atoms with E-state index in [9.17, 15) is 97.3 Å². The van der Waals surface area contributed by atoms with E-state index >= 15 is 0 Å². The standard InChI is InChI=1S/C15H19F2NO3.C14H19F2N3O2.C14H19F2NO4.C14H17F2NO4.C12H15F2N3O4/c1-4-7-14(5-2)10(3)15(16,17)13(21-14)18-8-6-11(19)9-12(18)20;1-4-7-13(5-2)9(3)14(15,16)11(21-13)19-8-6-10(17)18-12(19)20;2*1-3-13(5-7-18)9(2)14(15,16)12(21-13)17-6-4-10(19)8-11(17)20;1-2-4-11(6-18)8(19)12(13,14)9(21-11)17-5-3-7(15)16-10(17)20/h4,6,8,10,13H,1,5,7,9H2,2-3H3;4,6,8-9,11H,1,5,7H2,2-3H3,(H2,17,18,20);4,6,9,12,18H,3,5,7-8H2,1-2H3;4,6-7,9,12H,3,5,8H2,1-2H3;2-3,5,8-9,18-19H,1,4,6H2,(H2,15,16,20)/t10-,13-,14+;9-,11-,13+;2*9-,12-,13+;8-,9-,11-/m11111/s1. The predicted octanol–water partition coefficient (Wildman–Crippen LogP) is 7.79. The van der Waals surface area contributed by atoms with Crippen LogP contribution in [0.25, 0.3) is 0 Å². The van der Waals surface area contributed by atoms with Crippen LogP contribution in [-0.4, -0.2) is 186 Å². The lowest BCUT2D eigenvalue weighted by Gasteiger charge is -2.32. The predicted molar refractivity (Wildman–Crippen MR) is 354 cm³/mol. The highest BCUT2D eigenvalue weighted by atomic mass is 19.3. The lowest BCUT2D eigenvalue weighted by atomic mass is 9.81. The number of nitrogens with zero attached hydrogens (tertiary/aromatic N) is 7. The highest BCUT2D eigenvalue weighted by molar-refractivity contribution is 6.07. The number of rotatable bonds is 20. The van der Waals surface area contributed by atoms with E-state index in [1.807, 2.05) is 0 Å². The summed E-state index contributed by atoms with van der Waals surface area (Å²) < 4.78 is 174. The van der Waals surface area contributed by atoms with E-state index in [1.54, 1.807) is 39.8 Å². The Balaban J connectivity index is 0.000000206. The SMILES string of the molecule is C=CC[C@]1(CC)O[C@@H](N2C=CC(=O)CC2=O)C(F)(F)[C@@H]1C.C=CC[C@]1(CC)O[C@@H](n2ccc(N)nc2=O)C(F)(F)[C@@H]1C.C=CC[C@]1(CO)O[C@@H](n2ccc(N)nc2=O)C(F)(F)[C@@H]1O.CC[C@@]1(CC=O)O[C@@H](N2C=CC(=O)CC2=O)C(F)(F)[C@@H]1C.CC[C@@]1(CCO)O[C@@H](N2C=CC(=O)CC2=O)C(F)(F)[C@@H]1C. The third-order valence-electron chi connectivity index (χ3n) is 20.9. The molecular weight excluding hydrogens is 1420 g/mol. The second kappa shape index (κ2) is 32.9. The molecule has 582 valence electrons. The summed E-state index contributed by atoms with van der Waals surface area (Å²) in [6.45, 7) is 21.9. The van der Waals surface area contributed by atoms with E-state index in [2.05, 4.69) is 29.7 Å². The third-order valence-corrected chi connectivity index (χ3v) is 20.9. The number of amides is 3. The lowest BCUT2D eigenvalue weighted by molar-refractivity contribution is -0.175. The zero-order chi connectivity index (χ0) is 79.2. The van der Waals surface area contributed by atoms with Gasteiger partial charge in [0.25, 0.3) is 23.7 Å². The van der Waals surface area contributed by atoms with E-state index in [0.717, 1.165) is 68.4 Å². The van der Waals surface area contributed by atoms with E-state index < -0.39 is 191 Å². The molecule has 26 nitrogen and oxygen atoms in total. The summed E-state index contributed by atoms with van der Waals surface area (Å²) in [6.07, 6.45) is 2.57. The molecule has 36 heteroatoms. The van der Waals surface area contributed by atoms with Gasteiger partial charge in [0, 0.05) is 50.4 Å². The Morgan fingerprint density at radius 3 is 1.06 bits per heavy atom. The van der Waals surface area contributed by atoms with Crippen LogP contribution in [0.1, 0.15) is 145 Å². The monoisotopic (exact) mass is 1510 g/mol. The van der Waals surface area contributed by atoms with Gasteiger partial charge in [-0.2, -0.15) is 18.7 Å². The molecule has 8 aliphatic heterocycles. The Bertz CT molecular complexity index is 3610. The maximum Gasteiger partial charge on any atom is 0.351 e. The van der Waals surface area contributed by atoms with Crippen LogP contribution in [0.2, 0.25) is 0 Å². The van der Waals surface area contributed by atoms with Crippen molar-refractivity contribution < 1.29 is 116 Å². The number of hydrogen-bond acceptors (Lipinski definition) is 21. The number of carbonyl (C=O) groups is 7. The number of aldehydes is 1. The maximum absolute atomic E-state index is 14.6. The number of anilines is 2. The number of nitrogens with two attached hydrogens (primary N) is 2. The first kappa shape index (κ1) is 85.8. The number of nitrogen functional groups attached to an aromatic ring is 2. The fourth-order valence-electron chi connectivity index (χ4n) is 13.9. The van der Waals surface area contributed by atoms with Crippen molar-refractivity contribution >= 4 is 53.0 Å². The molecule has 2 aromatic heterocycles. The molecule has 0 radical (unpaired) electrons. The Hall–Kier alpha value is -8.13. The molecule has 8 aliphatic rings. The molecule has 0 aliphatic carbocycles. The topological polar surface area (TPSA) is 358 Å². The molecule has 7 N–H and O–H groups in total. The minimum Gasteiger partial charge on any atom is -0.396 e. The minimum absolute atomic E-state index is 0.0153. The van der Waals surface area contributed by atoms with Crippen molar-refractivity contribution in [3.8, 4) is 0 Å². The van der Waals surface area contributed by atoms with Gasteiger partial charge in [0.05, 0.1) is 71.9 Å². The number of aliphatic hydroxyl groups excluding tert-OH is 3. The summed E-state index contributed by atoms with van der Waals surface area (Å²) >= 11 is 0. The molecule has 0 spiro atoms. The second-order valence-electron chi connectivity index (χ2n) is 26.6. The van der Waals surface area contributed by atoms with Crippen molar-refractivity contribution in [3.05, 3.63) is 120 Å². The smallest absolute Gasteiger partial charge is 0.351 e. The molecule has 5 saturated heterocycles. The largest absolute Gasteiger partial charge is 0.396 e. The average molecular weight is 1510 g/mol. The van der Waals surface area contributed by atoms with Crippen LogP contribution in [0.3, 0.4) is 0 Å². The first-order valence-corrected chi connectivity index (χ1v) is 33.6. The fourth-order valence-corrected chi connectivity index (χ4v) is 13.9. The number of alkyl halides is 10. The van der Waals surface area contributed by atoms with Gasteiger partial charge in [-0.15, -0.1) is 19.7 Å². The summed E-state index contributed by atoms with van der Waals surface area (Å²) in [6, 6.07) is 2.45. The number of hydrogen-bond donors (Lipinski definition) is 5. The molecule has 0 aromatic carbocycles. The van der Waals surface area contributed by atoms with Crippen molar-refractivity contribution in [2.75, 3.05) is 24.7 Å². The highest BCUT2D eigenvalue weighted by Crippen LogP contribution is 2.57. The van der Waals surface area contributed by atoms with Crippen LogP contribution < -0.4 is 22.8 Å². The molecule has 0 bridgehead atoms. The van der Waals surface area contributed by atoms with Gasteiger partial charge < -0.3 is 55.3 Å². The van der Waals surface area contributed by atoms with Gasteiger partial charge in [-0.05, 0) is 75.3 Å². The van der Waals surface area contributed by atoms with E-state index in [4.69, 9.17) is 40.3 Å². The number of halogens is 10. The van der Waals surface area contributed by atoms with Gasteiger partial charge in [0.15, 0.2) is 23.5 Å². The molecule has 10 heterocycles. The first-order valence-electron chi connectivity index (χ1n) is 33.6. The lowest BCUT2D eigenvalue weighted by Crippen LogP contribution is -2.48. The Morgan fingerprint density at radius 2 is 0.762 bits per heavy atom. The van der Waals surface area contributed by atoms with Gasteiger partial charge in [0.2, 0.25) is 48.9 Å². The number of aliphatic hydroxyl groups is 3. The third kappa shape index (κ3) is 16.4. The zero-order valence-corrected chi connectivity index (χ0v) is 59.0. The molecular formula is C69H89F10N9O17. The Morgan fingerprint density at radius 1 is 0.476 bits per heavy atom. The molecule has 105 heavy (non-hydrogen) atoms. The summed E-state index contributed by atoms with van der Waals surface area (Å²) in [5, 5.41) is 28.3. The number of ether oxygens (including phenoxy) is 5. The highest BCUT2D eigenvalue weighted by Gasteiger charge is 2.70. The average Bonchev–Trinajstić information content (AvgIpc) is 1.62. The first-order chi connectivity index (χ1) is 48.9. The van der Waals surface area contributed by atoms with Crippen LogP contribution in [0.5, 0.6) is 0 Å². The molecule has 5 fully saturated rings. The van der Waals surface area contributed by atoms with Crippen molar-refractivity contribution in [1.82, 2.24) is 33.8 Å². The van der Waals surface area contributed by atoms with Crippen LogP contribution in [0, 0.1) is 23.7 Å². The van der Waals surface area contributed by atoms with Gasteiger partial charge in [-0.3, -0.25) is 52.6 Å². The summed E-state index contributed by atoms with van der Waals surface area (Å²) in [4.78, 5) is 112. The van der Waals surface area contributed by atoms with Crippen molar-refractivity contribution in [1.29, 1.82) is 0 Å². The van der Waals surface area contributed by atoms with Gasteiger partial charge in [-0.25, -0.2) is 44.7 Å². The second-order valence-corrected chi connectivity index (χ2v) is 26.6. The normalized spacial score (nSPS) is 33.7. The van der Waals surface area contributed by atoms with Gasteiger partial charge >= 0.3 is 17.3 Å². The maximum atomic E-state index is 14.6. The quantitative estimate of drug-likeness (QED) is 0.0365. The fraction of sp³-hybridized carbons (Fsp3) is 0.609. The van der Waals surface area contributed by atoms with Crippen LogP contribution in [-0.2, 0) is 57.2 Å². The molecule has 2 aromatic rings. The van der Waals surface area contributed by atoms with Crippen LogP contribution in [0.4, 0.5) is 55.5 Å². The van der Waals surface area contributed by atoms with E-state index in [1.165, 1.54) is 46.0 Å². The van der Waals surface area contributed by atoms with Gasteiger partial charge in [0.1, 0.15) is 23.5 Å².